The summed E-state index contributed by atoms with van der Waals surface area (Å²) in [4.78, 5) is 0. The van der Waals surface area contributed by atoms with Crippen LogP contribution in [0.2, 0.25) is 0 Å². The van der Waals surface area contributed by atoms with E-state index in [1.54, 1.807) is 0 Å². The SMILES string of the molecule is C=CCCC(N)Cc1cccc(Br)c1. The highest BCUT2D eigenvalue weighted by Crippen LogP contribution is 2.13. The number of hydrogen-bond donors (Lipinski definition) is 1. The Hall–Kier alpha value is -0.600. The van der Waals surface area contributed by atoms with Gasteiger partial charge >= 0.3 is 0 Å². The number of nitrogens with two attached hydrogens (primary N) is 1. The molecular formula is C12H16BrN. The minimum Gasteiger partial charge on any atom is -0.327 e. The summed E-state index contributed by atoms with van der Waals surface area (Å²) in [5.41, 5.74) is 7.27. The summed E-state index contributed by atoms with van der Waals surface area (Å²) in [6.07, 6.45) is 4.86. The minimum absolute atomic E-state index is 0.238. The van der Waals surface area contributed by atoms with Gasteiger partial charge in [-0.15, -0.1) is 6.58 Å². The van der Waals surface area contributed by atoms with E-state index in [1.807, 2.05) is 18.2 Å². The summed E-state index contributed by atoms with van der Waals surface area (Å²) < 4.78 is 1.12. The van der Waals surface area contributed by atoms with Gasteiger partial charge in [0.25, 0.3) is 0 Å². The van der Waals surface area contributed by atoms with Gasteiger partial charge in [-0.1, -0.05) is 34.1 Å². The number of benzene rings is 1. The Balaban J connectivity index is 2.47. The van der Waals surface area contributed by atoms with Crippen LogP contribution in [0.1, 0.15) is 18.4 Å². The average molecular weight is 254 g/mol. The Bertz CT molecular complexity index is 296. The zero-order valence-electron chi connectivity index (χ0n) is 8.25. The molecule has 1 nitrogen and oxygen atoms in total. The topological polar surface area (TPSA) is 26.0 Å². The Morgan fingerprint density at radius 3 is 2.93 bits per heavy atom. The Morgan fingerprint density at radius 1 is 1.50 bits per heavy atom. The number of rotatable bonds is 5. The molecule has 0 aliphatic carbocycles. The number of halogens is 1. The molecule has 0 saturated carbocycles. The van der Waals surface area contributed by atoms with Gasteiger partial charge < -0.3 is 5.73 Å². The molecule has 76 valence electrons. The van der Waals surface area contributed by atoms with Crippen molar-refractivity contribution in [2.24, 2.45) is 5.73 Å². The quantitative estimate of drug-likeness (QED) is 0.802. The molecule has 1 unspecified atom stereocenters. The van der Waals surface area contributed by atoms with Crippen molar-refractivity contribution in [1.82, 2.24) is 0 Å². The molecule has 0 bridgehead atoms. The predicted octanol–water partition coefficient (Wildman–Crippen LogP) is 3.29. The number of hydrogen-bond acceptors (Lipinski definition) is 1. The van der Waals surface area contributed by atoms with Gasteiger partial charge in [0.2, 0.25) is 0 Å². The van der Waals surface area contributed by atoms with Gasteiger partial charge in [0, 0.05) is 10.5 Å². The fourth-order valence-corrected chi connectivity index (χ4v) is 1.85. The van der Waals surface area contributed by atoms with Gasteiger partial charge in [-0.3, -0.25) is 0 Å². The van der Waals surface area contributed by atoms with Gasteiger partial charge in [0.15, 0.2) is 0 Å². The lowest BCUT2D eigenvalue weighted by Crippen LogP contribution is -2.22. The molecule has 2 heteroatoms. The van der Waals surface area contributed by atoms with Crippen molar-refractivity contribution < 1.29 is 0 Å². The van der Waals surface area contributed by atoms with Crippen molar-refractivity contribution >= 4 is 15.9 Å². The van der Waals surface area contributed by atoms with E-state index in [-0.39, 0.29) is 6.04 Å². The standard InChI is InChI=1S/C12H16BrN/c1-2-3-7-12(14)9-10-5-4-6-11(13)8-10/h2,4-6,8,12H,1,3,7,9,14H2. The van der Waals surface area contributed by atoms with E-state index >= 15 is 0 Å². The summed E-state index contributed by atoms with van der Waals surface area (Å²) in [6.45, 7) is 3.69. The minimum atomic E-state index is 0.238. The summed E-state index contributed by atoms with van der Waals surface area (Å²) in [5.74, 6) is 0. The van der Waals surface area contributed by atoms with Crippen LogP contribution in [0.4, 0.5) is 0 Å². The zero-order chi connectivity index (χ0) is 10.4. The third-order valence-corrected chi connectivity index (χ3v) is 2.62. The number of allylic oxidation sites excluding steroid dienone is 1. The first-order valence-corrected chi connectivity index (χ1v) is 5.62. The molecule has 0 amide bonds. The van der Waals surface area contributed by atoms with Crippen molar-refractivity contribution in [3.63, 3.8) is 0 Å². The van der Waals surface area contributed by atoms with Crippen LogP contribution < -0.4 is 5.73 Å². The van der Waals surface area contributed by atoms with Gasteiger partial charge in [-0.05, 0) is 37.0 Å². The lowest BCUT2D eigenvalue weighted by atomic mass is 10.0. The molecule has 0 saturated heterocycles. The largest absolute Gasteiger partial charge is 0.327 e. The first-order chi connectivity index (χ1) is 6.72. The predicted molar refractivity (Wildman–Crippen MR) is 65.3 cm³/mol. The molecule has 1 aromatic carbocycles. The second-order valence-electron chi connectivity index (χ2n) is 3.46. The van der Waals surface area contributed by atoms with E-state index in [0.717, 1.165) is 23.7 Å². The van der Waals surface area contributed by atoms with E-state index in [4.69, 9.17) is 5.73 Å². The van der Waals surface area contributed by atoms with Crippen molar-refractivity contribution in [1.29, 1.82) is 0 Å². The average Bonchev–Trinajstić information content (AvgIpc) is 2.15. The maximum Gasteiger partial charge on any atom is 0.0178 e. The summed E-state index contributed by atoms with van der Waals surface area (Å²) in [5, 5.41) is 0. The Kier molecular flexibility index (Phi) is 4.91. The molecule has 0 spiro atoms. The highest BCUT2D eigenvalue weighted by molar-refractivity contribution is 9.10. The molecule has 0 aliphatic rings. The molecule has 0 radical (unpaired) electrons. The Labute approximate surface area is 94.1 Å². The third kappa shape index (κ3) is 4.07. The van der Waals surface area contributed by atoms with Crippen LogP contribution in [0.25, 0.3) is 0 Å². The maximum absolute atomic E-state index is 5.98. The van der Waals surface area contributed by atoms with E-state index in [2.05, 4.69) is 34.6 Å². The fourth-order valence-electron chi connectivity index (χ4n) is 1.40. The molecular weight excluding hydrogens is 238 g/mol. The first-order valence-electron chi connectivity index (χ1n) is 4.83. The van der Waals surface area contributed by atoms with E-state index < -0.39 is 0 Å². The lowest BCUT2D eigenvalue weighted by molar-refractivity contribution is 0.618. The zero-order valence-corrected chi connectivity index (χ0v) is 9.83. The van der Waals surface area contributed by atoms with Crippen LogP contribution in [-0.4, -0.2) is 6.04 Å². The molecule has 2 N–H and O–H groups in total. The summed E-state index contributed by atoms with van der Waals surface area (Å²) >= 11 is 3.45. The van der Waals surface area contributed by atoms with Crippen molar-refractivity contribution in [3.8, 4) is 0 Å². The molecule has 1 aromatic rings. The molecule has 0 aromatic heterocycles. The molecule has 14 heavy (non-hydrogen) atoms. The molecule has 1 rings (SSSR count). The van der Waals surface area contributed by atoms with Crippen LogP contribution >= 0.6 is 15.9 Å². The fraction of sp³-hybridized carbons (Fsp3) is 0.333. The highest BCUT2D eigenvalue weighted by atomic mass is 79.9. The smallest absolute Gasteiger partial charge is 0.0178 e. The van der Waals surface area contributed by atoms with Crippen LogP contribution in [-0.2, 0) is 6.42 Å². The van der Waals surface area contributed by atoms with Crippen LogP contribution in [0.5, 0.6) is 0 Å². The van der Waals surface area contributed by atoms with Gasteiger partial charge in [0.1, 0.15) is 0 Å². The van der Waals surface area contributed by atoms with Gasteiger partial charge in [-0.25, -0.2) is 0 Å². The van der Waals surface area contributed by atoms with E-state index in [9.17, 15) is 0 Å². The van der Waals surface area contributed by atoms with Gasteiger partial charge in [-0.2, -0.15) is 0 Å². The van der Waals surface area contributed by atoms with Gasteiger partial charge in [0.05, 0.1) is 0 Å². The van der Waals surface area contributed by atoms with Crippen LogP contribution in [0.15, 0.2) is 41.4 Å². The molecule has 0 fully saturated rings. The van der Waals surface area contributed by atoms with E-state index in [0.29, 0.717) is 0 Å². The first kappa shape index (κ1) is 11.5. The van der Waals surface area contributed by atoms with Crippen LogP contribution in [0.3, 0.4) is 0 Å². The van der Waals surface area contributed by atoms with E-state index in [1.165, 1.54) is 5.56 Å². The lowest BCUT2D eigenvalue weighted by Gasteiger charge is -2.10. The molecule has 0 aliphatic heterocycles. The molecule has 0 heterocycles. The highest BCUT2D eigenvalue weighted by Gasteiger charge is 2.02. The second kappa shape index (κ2) is 5.99. The van der Waals surface area contributed by atoms with Crippen molar-refractivity contribution in [2.75, 3.05) is 0 Å². The normalized spacial score (nSPS) is 12.4. The summed E-state index contributed by atoms with van der Waals surface area (Å²) in [7, 11) is 0. The van der Waals surface area contributed by atoms with Crippen molar-refractivity contribution in [2.45, 2.75) is 25.3 Å². The van der Waals surface area contributed by atoms with Crippen molar-refractivity contribution in [3.05, 3.63) is 47.0 Å². The van der Waals surface area contributed by atoms with Crippen LogP contribution in [0, 0.1) is 0 Å². The second-order valence-corrected chi connectivity index (χ2v) is 4.38. The summed E-state index contributed by atoms with van der Waals surface area (Å²) in [6, 6.07) is 8.53. The monoisotopic (exact) mass is 253 g/mol. The molecule has 1 atom stereocenters. The Morgan fingerprint density at radius 2 is 2.29 bits per heavy atom. The maximum atomic E-state index is 5.98. The third-order valence-electron chi connectivity index (χ3n) is 2.13.